The zero-order valence-corrected chi connectivity index (χ0v) is 12.5. The lowest BCUT2D eigenvalue weighted by Gasteiger charge is -2.42. The third-order valence-corrected chi connectivity index (χ3v) is 4.00. The van der Waals surface area contributed by atoms with Gasteiger partial charge in [-0.1, -0.05) is 6.07 Å². The molecule has 0 aromatic carbocycles. The second-order valence-corrected chi connectivity index (χ2v) is 5.25. The lowest BCUT2D eigenvalue weighted by Crippen LogP contribution is -2.48. The van der Waals surface area contributed by atoms with Gasteiger partial charge in [0.2, 0.25) is 0 Å². The van der Waals surface area contributed by atoms with Gasteiger partial charge in [-0.3, -0.25) is 4.79 Å². The summed E-state index contributed by atoms with van der Waals surface area (Å²) in [6.45, 7) is 4.73. The predicted octanol–water partition coefficient (Wildman–Crippen LogP) is 1.07. The second-order valence-electron chi connectivity index (χ2n) is 5.25. The van der Waals surface area contributed by atoms with E-state index >= 15 is 0 Å². The van der Waals surface area contributed by atoms with Crippen molar-refractivity contribution in [3.63, 3.8) is 0 Å². The first-order valence-electron chi connectivity index (χ1n) is 6.40. The summed E-state index contributed by atoms with van der Waals surface area (Å²) in [6, 6.07) is 5.66. The average molecular weight is 306 g/mol. The molecule has 4 nitrogen and oxygen atoms in total. The molecule has 1 fully saturated rings. The summed E-state index contributed by atoms with van der Waals surface area (Å²) in [7, 11) is 0. The van der Waals surface area contributed by atoms with Gasteiger partial charge in [0.15, 0.2) is 0 Å². The van der Waals surface area contributed by atoms with Crippen LogP contribution in [0.1, 0.15) is 18.0 Å². The van der Waals surface area contributed by atoms with Crippen LogP contribution in [-0.4, -0.2) is 35.6 Å². The molecule has 1 aromatic heterocycles. The molecule has 0 aliphatic carbocycles. The maximum Gasteiger partial charge on any atom is 0.250 e. The standard InChI is InChI=1S/C13H19N3O.2ClH/c14-4-5-15-7-10-6-11(9-15)12-2-1-3-13(17)16(12)8-10;;/h1-3,10-11H,4-9,14H2;2*1H. The maximum atomic E-state index is 11.8. The summed E-state index contributed by atoms with van der Waals surface area (Å²) >= 11 is 0. The molecule has 1 saturated heterocycles. The van der Waals surface area contributed by atoms with E-state index in [1.807, 2.05) is 10.6 Å². The van der Waals surface area contributed by atoms with E-state index < -0.39 is 0 Å². The van der Waals surface area contributed by atoms with E-state index in [1.54, 1.807) is 6.07 Å². The number of fused-ring (bicyclic) bond motifs is 4. The molecule has 19 heavy (non-hydrogen) atoms. The number of pyridine rings is 1. The molecule has 2 N–H and O–H groups in total. The van der Waals surface area contributed by atoms with Crippen LogP contribution in [0.3, 0.4) is 0 Å². The Hall–Kier alpha value is -0.550. The molecular weight excluding hydrogens is 285 g/mol. The van der Waals surface area contributed by atoms with Crippen LogP contribution in [0.25, 0.3) is 0 Å². The van der Waals surface area contributed by atoms with E-state index in [1.165, 1.54) is 12.1 Å². The van der Waals surface area contributed by atoms with Crippen molar-refractivity contribution in [3.05, 3.63) is 34.2 Å². The topological polar surface area (TPSA) is 51.3 Å². The number of piperidine rings is 1. The first kappa shape index (κ1) is 16.5. The minimum atomic E-state index is 0. The van der Waals surface area contributed by atoms with Gasteiger partial charge in [-0.15, -0.1) is 24.8 Å². The number of nitrogens with zero attached hydrogens (tertiary/aromatic N) is 2. The number of hydrogen-bond donors (Lipinski definition) is 1. The third-order valence-electron chi connectivity index (χ3n) is 4.00. The van der Waals surface area contributed by atoms with E-state index in [2.05, 4.69) is 11.0 Å². The van der Waals surface area contributed by atoms with Crippen molar-refractivity contribution in [2.75, 3.05) is 26.2 Å². The Morgan fingerprint density at radius 2 is 2.00 bits per heavy atom. The molecule has 2 aliphatic heterocycles. The molecule has 1 aromatic rings. The summed E-state index contributed by atoms with van der Waals surface area (Å²) in [6.07, 6.45) is 1.23. The van der Waals surface area contributed by atoms with Crippen molar-refractivity contribution in [2.24, 2.45) is 11.7 Å². The van der Waals surface area contributed by atoms with Gasteiger partial charge in [0, 0.05) is 50.4 Å². The second kappa shape index (κ2) is 6.75. The Balaban J connectivity index is 0.000000902. The molecular formula is C13H21Cl2N3O. The molecule has 2 bridgehead atoms. The van der Waals surface area contributed by atoms with Gasteiger partial charge in [0.1, 0.15) is 0 Å². The fraction of sp³-hybridized carbons (Fsp3) is 0.615. The quantitative estimate of drug-likeness (QED) is 0.889. The number of halogens is 2. The Morgan fingerprint density at radius 3 is 2.74 bits per heavy atom. The van der Waals surface area contributed by atoms with Crippen molar-refractivity contribution in [1.29, 1.82) is 0 Å². The number of likely N-dealkylation sites (tertiary alicyclic amines) is 1. The van der Waals surface area contributed by atoms with Crippen LogP contribution in [0.2, 0.25) is 0 Å². The first-order chi connectivity index (χ1) is 8.28. The van der Waals surface area contributed by atoms with E-state index in [4.69, 9.17) is 5.73 Å². The Kier molecular flexibility index (Phi) is 5.86. The molecule has 3 heterocycles. The Labute approximate surface area is 125 Å². The van der Waals surface area contributed by atoms with E-state index in [0.717, 1.165) is 32.7 Å². The smallest absolute Gasteiger partial charge is 0.250 e. The molecule has 0 spiro atoms. The zero-order chi connectivity index (χ0) is 11.8. The van der Waals surface area contributed by atoms with Gasteiger partial charge in [0.25, 0.3) is 5.56 Å². The van der Waals surface area contributed by atoms with Crippen LogP contribution in [0.15, 0.2) is 23.0 Å². The van der Waals surface area contributed by atoms with E-state index in [-0.39, 0.29) is 30.4 Å². The number of hydrogen-bond acceptors (Lipinski definition) is 3. The van der Waals surface area contributed by atoms with Crippen LogP contribution in [0, 0.1) is 5.92 Å². The van der Waals surface area contributed by atoms with Gasteiger partial charge in [-0.25, -0.2) is 0 Å². The molecule has 2 atom stereocenters. The van der Waals surface area contributed by atoms with Gasteiger partial charge in [-0.2, -0.15) is 0 Å². The summed E-state index contributed by atoms with van der Waals surface area (Å²) in [5, 5.41) is 0. The highest BCUT2D eigenvalue weighted by Gasteiger charge is 2.33. The van der Waals surface area contributed by atoms with Crippen molar-refractivity contribution in [1.82, 2.24) is 9.47 Å². The van der Waals surface area contributed by atoms with Crippen molar-refractivity contribution in [2.45, 2.75) is 18.9 Å². The van der Waals surface area contributed by atoms with E-state index in [0.29, 0.717) is 11.8 Å². The van der Waals surface area contributed by atoms with Crippen molar-refractivity contribution < 1.29 is 0 Å². The van der Waals surface area contributed by atoms with Crippen LogP contribution < -0.4 is 11.3 Å². The number of aromatic nitrogens is 1. The van der Waals surface area contributed by atoms with Crippen molar-refractivity contribution in [3.8, 4) is 0 Å². The lowest BCUT2D eigenvalue weighted by atomic mass is 9.83. The van der Waals surface area contributed by atoms with Crippen molar-refractivity contribution >= 4 is 24.8 Å². The maximum absolute atomic E-state index is 11.8. The first-order valence-corrected chi connectivity index (χ1v) is 6.40. The summed E-state index contributed by atoms with van der Waals surface area (Å²) in [4.78, 5) is 14.3. The van der Waals surface area contributed by atoms with Crippen LogP contribution in [-0.2, 0) is 6.54 Å². The summed E-state index contributed by atoms with van der Waals surface area (Å²) < 4.78 is 1.97. The Morgan fingerprint density at radius 1 is 1.21 bits per heavy atom. The van der Waals surface area contributed by atoms with Crippen LogP contribution in [0.5, 0.6) is 0 Å². The predicted molar refractivity (Wildman–Crippen MR) is 81.5 cm³/mol. The zero-order valence-electron chi connectivity index (χ0n) is 10.8. The highest BCUT2D eigenvalue weighted by Crippen LogP contribution is 2.34. The van der Waals surface area contributed by atoms with Gasteiger partial charge in [-0.05, 0) is 18.4 Å². The molecule has 2 unspecified atom stereocenters. The van der Waals surface area contributed by atoms with Gasteiger partial charge >= 0.3 is 0 Å². The minimum absolute atomic E-state index is 0. The van der Waals surface area contributed by atoms with Gasteiger partial charge < -0.3 is 15.2 Å². The minimum Gasteiger partial charge on any atom is -0.329 e. The average Bonchev–Trinajstić information content (AvgIpc) is 2.31. The molecule has 6 heteroatoms. The van der Waals surface area contributed by atoms with Gasteiger partial charge in [0.05, 0.1) is 0 Å². The molecule has 0 amide bonds. The van der Waals surface area contributed by atoms with E-state index in [9.17, 15) is 4.79 Å². The summed E-state index contributed by atoms with van der Waals surface area (Å²) in [5.74, 6) is 1.14. The Bertz CT molecular complexity index is 477. The monoisotopic (exact) mass is 305 g/mol. The highest BCUT2D eigenvalue weighted by atomic mass is 35.5. The lowest BCUT2D eigenvalue weighted by molar-refractivity contribution is 0.123. The number of rotatable bonds is 2. The highest BCUT2D eigenvalue weighted by molar-refractivity contribution is 5.85. The third kappa shape index (κ3) is 3.14. The fourth-order valence-corrected chi connectivity index (χ4v) is 3.36. The molecule has 2 aliphatic rings. The fourth-order valence-electron chi connectivity index (χ4n) is 3.36. The molecule has 108 valence electrons. The van der Waals surface area contributed by atoms with Crippen LogP contribution in [0.4, 0.5) is 0 Å². The largest absolute Gasteiger partial charge is 0.329 e. The summed E-state index contributed by atoms with van der Waals surface area (Å²) in [5.41, 5.74) is 7.01. The SMILES string of the molecule is Cl.Cl.NCCN1CC2CC(C1)c1cccc(=O)n1C2. The van der Waals surface area contributed by atoms with Crippen LogP contribution >= 0.6 is 24.8 Å². The number of nitrogens with two attached hydrogens (primary N) is 1. The normalized spacial score (nSPS) is 24.9. The molecule has 0 radical (unpaired) electrons. The molecule has 0 saturated carbocycles. The molecule has 3 rings (SSSR count).